The molecule has 12 heteroatoms. The summed E-state index contributed by atoms with van der Waals surface area (Å²) >= 11 is 0. The van der Waals surface area contributed by atoms with Crippen molar-refractivity contribution in [2.24, 2.45) is 29.1 Å². The summed E-state index contributed by atoms with van der Waals surface area (Å²) in [5, 5.41) is 9.19. The Labute approximate surface area is 338 Å². The molecule has 3 aromatic rings. The van der Waals surface area contributed by atoms with Crippen LogP contribution in [0.5, 0.6) is 23.0 Å². The molecule has 3 amide bonds. The maximum absolute atomic E-state index is 14.3. The molecule has 0 unspecified atom stereocenters. The molecule has 1 heterocycles. The fourth-order valence-corrected chi connectivity index (χ4v) is 9.11. The van der Waals surface area contributed by atoms with Crippen LogP contribution in [0.4, 0.5) is 0 Å². The number of hydrogen-bond donors (Lipinski definition) is 3. The highest BCUT2D eigenvalue weighted by Crippen LogP contribution is 2.65. The zero-order valence-electron chi connectivity index (χ0n) is 34.9. The summed E-state index contributed by atoms with van der Waals surface area (Å²) in [6.45, 7) is 14.8. The predicted octanol–water partition coefficient (Wildman–Crippen LogP) is 6.71. The van der Waals surface area contributed by atoms with Crippen LogP contribution in [0.3, 0.4) is 0 Å². The second kappa shape index (κ2) is 17.5. The molecule has 3 saturated carbocycles. The Balaban J connectivity index is 1.17. The topological polar surface area (TPSA) is 133 Å². The number of nitrogens with one attached hydrogen (secondary N) is 3. The number of benzene rings is 3. The van der Waals surface area contributed by atoms with Crippen LogP contribution in [0, 0.1) is 29.1 Å². The highest BCUT2D eigenvalue weighted by molar-refractivity contribution is 6.48. The third kappa shape index (κ3) is 9.44. The molecule has 3 N–H and O–H groups in total. The standard InChI is InChI=1S/C45H60BN3O8/c1-27(2)20-39(46-56-38-26-31-25-37(44(31,5)6)45(38,7)57-46)48-43(52)41(28(3)4)49-42(51)34(22-30-18-19-35(53-8)36(23-30)54-9)47-40(50)24-29-14-13-17-33(21-29)55-32-15-11-10-12-16-32/h10-19,21,23,27-28,31,34,37-39,41H,20,22,24-26H2,1-9H3,(H,47,50)(H,48,52)(H,49,51)/t31-,34-,37-,38+,39-,41-,45-/m0/s1. The lowest BCUT2D eigenvalue weighted by molar-refractivity contribution is -0.199. The van der Waals surface area contributed by atoms with Crippen molar-refractivity contribution >= 4 is 24.8 Å². The number of hydrogen-bond acceptors (Lipinski definition) is 8. The highest BCUT2D eigenvalue weighted by atomic mass is 16.7. The van der Waals surface area contributed by atoms with Crippen LogP contribution in [0.1, 0.15) is 78.9 Å². The van der Waals surface area contributed by atoms with E-state index in [4.69, 9.17) is 23.5 Å². The molecular weight excluding hydrogens is 721 g/mol. The molecule has 0 aromatic heterocycles. The van der Waals surface area contributed by atoms with E-state index in [-0.39, 0.29) is 48.0 Å². The minimum absolute atomic E-state index is 0.00672. The number of para-hydroxylation sites is 1. The lowest BCUT2D eigenvalue weighted by atomic mass is 9.43. The number of amides is 3. The zero-order valence-corrected chi connectivity index (χ0v) is 34.9. The van der Waals surface area contributed by atoms with Crippen molar-refractivity contribution in [3.05, 3.63) is 83.9 Å². The summed E-state index contributed by atoms with van der Waals surface area (Å²) in [6.07, 6.45) is 2.85. The average molecular weight is 782 g/mol. The van der Waals surface area contributed by atoms with Crippen LogP contribution in [0.2, 0.25) is 0 Å². The molecule has 4 fully saturated rings. The maximum atomic E-state index is 14.3. The normalized spacial score (nSPS) is 23.4. The third-order valence-electron chi connectivity index (χ3n) is 12.4. The Bertz CT molecular complexity index is 1890. The van der Waals surface area contributed by atoms with Gasteiger partial charge in [0.25, 0.3) is 0 Å². The Morgan fingerprint density at radius 1 is 0.807 bits per heavy atom. The molecule has 3 aliphatic carbocycles. The van der Waals surface area contributed by atoms with Crippen molar-refractivity contribution in [3.8, 4) is 23.0 Å². The summed E-state index contributed by atoms with van der Waals surface area (Å²) < 4.78 is 30.3. The number of ether oxygens (including phenoxy) is 3. The number of methoxy groups -OCH3 is 2. The summed E-state index contributed by atoms with van der Waals surface area (Å²) in [5.74, 6) is 1.71. The van der Waals surface area contributed by atoms with Crippen LogP contribution in [-0.2, 0) is 36.5 Å². The van der Waals surface area contributed by atoms with Gasteiger partial charge < -0.3 is 39.5 Å². The third-order valence-corrected chi connectivity index (χ3v) is 12.4. The van der Waals surface area contributed by atoms with E-state index in [1.54, 1.807) is 32.4 Å². The molecule has 7 rings (SSSR count). The lowest BCUT2D eigenvalue weighted by Crippen LogP contribution is -2.65. The van der Waals surface area contributed by atoms with Crippen LogP contribution >= 0.6 is 0 Å². The first-order valence-electron chi connectivity index (χ1n) is 20.4. The first-order valence-corrected chi connectivity index (χ1v) is 20.4. The van der Waals surface area contributed by atoms with Crippen molar-refractivity contribution in [2.45, 2.75) is 110 Å². The molecular formula is C45H60BN3O8. The van der Waals surface area contributed by atoms with Crippen molar-refractivity contribution in [2.75, 3.05) is 14.2 Å². The van der Waals surface area contributed by atoms with E-state index in [0.29, 0.717) is 46.8 Å². The fourth-order valence-electron chi connectivity index (χ4n) is 9.11. The molecule has 4 aliphatic rings. The van der Waals surface area contributed by atoms with Gasteiger partial charge in [0.05, 0.1) is 38.3 Å². The van der Waals surface area contributed by atoms with Crippen molar-refractivity contribution in [1.82, 2.24) is 16.0 Å². The maximum Gasteiger partial charge on any atom is 0.481 e. The smallest absolute Gasteiger partial charge is 0.481 e. The van der Waals surface area contributed by atoms with Gasteiger partial charge in [-0.15, -0.1) is 0 Å². The zero-order chi connectivity index (χ0) is 41.1. The monoisotopic (exact) mass is 781 g/mol. The van der Waals surface area contributed by atoms with E-state index >= 15 is 0 Å². The average Bonchev–Trinajstić information content (AvgIpc) is 3.53. The van der Waals surface area contributed by atoms with Gasteiger partial charge in [0, 0.05) is 6.42 Å². The largest absolute Gasteiger partial charge is 0.493 e. The molecule has 0 radical (unpaired) electrons. The van der Waals surface area contributed by atoms with Gasteiger partial charge in [0.15, 0.2) is 11.5 Å². The minimum Gasteiger partial charge on any atom is -0.493 e. The SMILES string of the molecule is COc1ccc(C[C@H](NC(=O)Cc2cccc(Oc3ccccc3)c2)C(=O)N[C@H](C(=O)N[C@@H](CC(C)C)B2O[C@@H]3C[C@@H]4C[C@@H](C4(C)C)[C@]3(C)O2)C(C)C)cc1OC. The van der Waals surface area contributed by atoms with Gasteiger partial charge in [-0.05, 0) is 103 Å². The molecule has 7 atom stereocenters. The minimum atomic E-state index is -1.01. The Morgan fingerprint density at radius 2 is 1.53 bits per heavy atom. The van der Waals surface area contributed by atoms with Gasteiger partial charge in [-0.25, -0.2) is 0 Å². The first-order chi connectivity index (χ1) is 27.1. The molecule has 2 bridgehead atoms. The van der Waals surface area contributed by atoms with E-state index in [9.17, 15) is 14.4 Å². The summed E-state index contributed by atoms with van der Waals surface area (Å²) in [7, 11) is 2.50. The van der Waals surface area contributed by atoms with Crippen LogP contribution in [0.15, 0.2) is 72.8 Å². The molecule has 3 aromatic carbocycles. The molecule has 0 spiro atoms. The Kier molecular flexibility index (Phi) is 12.9. The van der Waals surface area contributed by atoms with E-state index in [1.807, 2.05) is 68.4 Å². The van der Waals surface area contributed by atoms with Crippen molar-refractivity contribution in [3.63, 3.8) is 0 Å². The summed E-state index contributed by atoms with van der Waals surface area (Å²) in [5.41, 5.74) is 1.23. The van der Waals surface area contributed by atoms with E-state index < -0.39 is 36.7 Å². The van der Waals surface area contributed by atoms with Crippen LogP contribution in [-0.4, -0.2) is 68.8 Å². The Hall–Kier alpha value is -4.55. The van der Waals surface area contributed by atoms with Crippen molar-refractivity contribution < 1.29 is 37.9 Å². The number of carbonyl (C=O) groups is 3. The van der Waals surface area contributed by atoms with Gasteiger partial charge in [-0.1, -0.05) is 77.9 Å². The van der Waals surface area contributed by atoms with Crippen LogP contribution < -0.4 is 30.2 Å². The quantitative estimate of drug-likeness (QED) is 0.129. The van der Waals surface area contributed by atoms with Crippen LogP contribution in [0.25, 0.3) is 0 Å². The van der Waals surface area contributed by atoms with Gasteiger partial charge in [0.1, 0.15) is 23.6 Å². The second-order valence-electron chi connectivity index (χ2n) is 17.6. The fraction of sp³-hybridized carbons (Fsp3) is 0.533. The molecule has 1 aliphatic heterocycles. The molecule has 57 heavy (non-hydrogen) atoms. The highest BCUT2D eigenvalue weighted by Gasteiger charge is 2.68. The number of carbonyl (C=O) groups excluding carboxylic acids is 3. The van der Waals surface area contributed by atoms with E-state index in [2.05, 4.69) is 50.6 Å². The van der Waals surface area contributed by atoms with E-state index in [1.165, 1.54) is 0 Å². The molecule has 1 saturated heterocycles. The Morgan fingerprint density at radius 3 is 2.19 bits per heavy atom. The lowest BCUT2D eigenvalue weighted by Gasteiger charge is -2.64. The van der Waals surface area contributed by atoms with Gasteiger partial charge in [-0.2, -0.15) is 0 Å². The molecule has 11 nitrogen and oxygen atoms in total. The van der Waals surface area contributed by atoms with Crippen molar-refractivity contribution in [1.29, 1.82) is 0 Å². The second-order valence-corrected chi connectivity index (χ2v) is 17.6. The summed E-state index contributed by atoms with van der Waals surface area (Å²) in [4.78, 5) is 42.2. The van der Waals surface area contributed by atoms with Gasteiger partial charge in [-0.3, -0.25) is 14.4 Å². The first kappa shape index (κ1) is 42.1. The molecule has 306 valence electrons. The van der Waals surface area contributed by atoms with E-state index in [0.717, 1.165) is 18.4 Å². The summed E-state index contributed by atoms with van der Waals surface area (Å²) in [6, 6.07) is 20.2. The van der Waals surface area contributed by atoms with Gasteiger partial charge in [0.2, 0.25) is 17.7 Å². The predicted molar refractivity (Wildman–Crippen MR) is 220 cm³/mol. The van der Waals surface area contributed by atoms with Gasteiger partial charge >= 0.3 is 7.12 Å². The number of rotatable bonds is 17.